The van der Waals surface area contributed by atoms with Crippen LogP contribution in [0.2, 0.25) is 0 Å². The Hall–Kier alpha value is -2.22. The number of nitrogens with one attached hydrogen (secondary N) is 1. The number of likely N-dealkylation sites (tertiary alicyclic amines) is 1. The molecule has 0 spiro atoms. The minimum absolute atomic E-state index is 0.142. The molecule has 2 unspecified atom stereocenters. The van der Waals surface area contributed by atoms with E-state index in [0.29, 0.717) is 17.6 Å². The van der Waals surface area contributed by atoms with Crippen molar-refractivity contribution in [1.29, 1.82) is 5.26 Å². The summed E-state index contributed by atoms with van der Waals surface area (Å²) < 4.78 is 5.15. The van der Waals surface area contributed by atoms with Crippen LogP contribution in [-0.2, 0) is 11.3 Å². The van der Waals surface area contributed by atoms with Gasteiger partial charge in [0.1, 0.15) is 17.4 Å². The highest BCUT2D eigenvalue weighted by atomic mass is 16.3. The monoisotopic (exact) mass is 287 g/mol. The lowest BCUT2D eigenvalue weighted by molar-refractivity contribution is -0.117. The molecule has 0 bridgehead atoms. The van der Waals surface area contributed by atoms with Crippen molar-refractivity contribution in [3.8, 4) is 6.07 Å². The summed E-state index contributed by atoms with van der Waals surface area (Å²) in [5.74, 6) is 1.47. The molecular formula is C16H21N3O2. The Morgan fingerprint density at radius 2 is 2.24 bits per heavy atom. The fourth-order valence-corrected chi connectivity index (χ4v) is 2.81. The number of hydrogen-bond acceptors (Lipinski definition) is 4. The molecule has 1 amide bonds. The van der Waals surface area contributed by atoms with Crippen molar-refractivity contribution in [2.75, 3.05) is 13.1 Å². The van der Waals surface area contributed by atoms with Crippen LogP contribution in [0.4, 0.5) is 0 Å². The number of furan rings is 1. The van der Waals surface area contributed by atoms with E-state index in [1.54, 1.807) is 24.6 Å². The lowest BCUT2D eigenvalue weighted by Gasteiger charge is -2.34. The Morgan fingerprint density at radius 3 is 2.81 bits per heavy atom. The second kappa shape index (κ2) is 6.98. The van der Waals surface area contributed by atoms with Crippen molar-refractivity contribution in [1.82, 2.24) is 10.2 Å². The Morgan fingerprint density at radius 1 is 1.52 bits per heavy atom. The van der Waals surface area contributed by atoms with Crippen molar-refractivity contribution in [2.45, 2.75) is 26.8 Å². The SMILES string of the molecule is CC1CC(C)CN(/C=C(/C#N)C(=O)NCc2ccco2)C1. The van der Waals surface area contributed by atoms with E-state index in [4.69, 9.17) is 4.42 Å². The Bertz CT molecular complexity index is 532. The summed E-state index contributed by atoms with van der Waals surface area (Å²) in [5.41, 5.74) is 0.142. The zero-order valence-corrected chi connectivity index (χ0v) is 12.5. The van der Waals surface area contributed by atoms with Crippen molar-refractivity contribution >= 4 is 5.91 Å². The zero-order valence-electron chi connectivity index (χ0n) is 12.5. The van der Waals surface area contributed by atoms with Gasteiger partial charge in [-0.3, -0.25) is 4.79 Å². The van der Waals surface area contributed by atoms with E-state index in [-0.39, 0.29) is 18.0 Å². The van der Waals surface area contributed by atoms with Crippen LogP contribution >= 0.6 is 0 Å². The van der Waals surface area contributed by atoms with Gasteiger partial charge >= 0.3 is 0 Å². The van der Waals surface area contributed by atoms with Crippen LogP contribution in [0.25, 0.3) is 0 Å². The first-order chi connectivity index (χ1) is 10.1. The summed E-state index contributed by atoms with van der Waals surface area (Å²) in [6, 6.07) is 5.53. The van der Waals surface area contributed by atoms with Crippen LogP contribution in [0.15, 0.2) is 34.6 Å². The summed E-state index contributed by atoms with van der Waals surface area (Å²) in [5, 5.41) is 11.9. The molecule has 1 fully saturated rings. The normalized spacial score (nSPS) is 22.7. The fourth-order valence-electron chi connectivity index (χ4n) is 2.81. The fraction of sp³-hybridized carbons (Fsp3) is 0.500. The smallest absolute Gasteiger partial charge is 0.263 e. The number of hydrogen-bond donors (Lipinski definition) is 1. The molecule has 0 radical (unpaired) electrons. The van der Waals surface area contributed by atoms with E-state index < -0.39 is 0 Å². The van der Waals surface area contributed by atoms with Gasteiger partial charge < -0.3 is 14.6 Å². The first kappa shape index (κ1) is 15.2. The number of carbonyl (C=O) groups is 1. The van der Waals surface area contributed by atoms with E-state index in [1.165, 1.54) is 6.42 Å². The average Bonchev–Trinajstić information content (AvgIpc) is 2.94. The van der Waals surface area contributed by atoms with Crippen LogP contribution in [0.1, 0.15) is 26.0 Å². The zero-order chi connectivity index (χ0) is 15.2. The third-order valence-corrected chi connectivity index (χ3v) is 3.58. The van der Waals surface area contributed by atoms with Gasteiger partial charge in [-0.05, 0) is 30.4 Å². The molecule has 2 rings (SSSR count). The number of piperidine rings is 1. The van der Waals surface area contributed by atoms with Crippen LogP contribution in [-0.4, -0.2) is 23.9 Å². The van der Waals surface area contributed by atoms with Gasteiger partial charge in [-0.1, -0.05) is 13.8 Å². The van der Waals surface area contributed by atoms with Crippen LogP contribution in [0.5, 0.6) is 0 Å². The van der Waals surface area contributed by atoms with Gasteiger partial charge in [0.05, 0.1) is 12.8 Å². The van der Waals surface area contributed by atoms with Crippen molar-refractivity contribution in [3.05, 3.63) is 35.9 Å². The molecule has 2 atom stereocenters. The first-order valence-corrected chi connectivity index (χ1v) is 7.25. The molecule has 1 aromatic heterocycles. The molecule has 5 heteroatoms. The molecule has 1 saturated heterocycles. The predicted octanol–water partition coefficient (Wildman–Crippen LogP) is 2.28. The first-order valence-electron chi connectivity index (χ1n) is 7.25. The molecule has 112 valence electrons. The van der Waals surface area contributed by atoms with Crippen molar-refractivity contribution in [2.24, 2.45) is 11.8 Å². The largest absolute Gasteiger partial charge is 0.467 e. The number of nitrogens with zero attached hydrogens (tertiary/aromatic N) is 2. The second-order valence-electron chi connectivity index (χ2n) is 5.82. The maximum Gasteiger partial charge on any atom is 0.263 e. The second-order valence-corrected chi connectivity index (χ2v) is 5.82. The van der Waals surface area contributed by atoms with E-state index >= 15 is 0 Å². The highest BCUT2D eigenvalue weighted by Gasteiger charge is 2.21. The summed E-state index contributed by atoms with van der Waals surface area (Å²) in [7, 11) is 0. The summed E-state index contributed by atoms with van der Waals surface area (Å²) in [6.45, 7) is 6.46. The van der Waals surface area contributed by atoms with Crippen LogP contribution in [0, 0.1) is 23.2 Å². The molecule has 0 aromatic carbocycles. The van der Waals surface area contributed by atoms with Crippen LogP contribution < -0.4 is 5.32 Å². The van der Waals surface area contributed by atoms with Crippen molar-refractivity contribution in [3.63, 3.8) is 0 Å². The van der Waals surface area contributed by atoms with E-state index in [2.05, 4.69) is 24.1 Å². The van der Waals surface area contributed by atoms with Crippen LogP contribution in [0.3, 0.4) is 0 Å². The molecule has 1 aromatic rings. The van der Waals surface area contributed by atoms with Gasteiger partial charge in [0, 0.05) is 19.3 Å². The number of carbonyl (C=O) groups excluding carboxylic acids is 1. The quantitative estimate of drug-likeness (QED) is 0.681. The number of amides is 1. The summed E-state index contributed by atoms with van der Waals surface area (Å²) in [4.78, 5) is 14.1. The molecule has 1 N–H and O–H groups in total. The van der Waals surface area contributed by atoms with E-state index in [1.807, 2.05) is 6.07 Å². The molecule has 2 heterocycles. The highest BCUT2D eigenvalue weighted by Crippen LogP contribution is 2.21. The third kappa shape index (κ3) is 4.38. The summed E-state index contributed by atoms with van der Waals surface area (Å²) >= 11 is 0. The maximum atomic E-state index is 12.0. The highest BCUT2D eigenvalue weighted by molar-refractivity contribution is 5.97. The molecular weight excluding hydrogens is 266 g/mol. The Balaban J connectivity index is 1.96. The Labute approximate surface area is 125 Å². The topological polar surface area (TPSA) is 69.3 Å². The maximum absolute atomic E-state index is 12.0. The third-order valence-electron chi connectivity index (χ3n) is 3.58. The van der Waals surface area contributed by atoms with Gasteiger partial charge in [0.15, 0.2) is 0 Å². The van der Waals surface area contributed by atoms with Gasteiger partial charge in [-0.2, -0.15) is 5.26 Å². The summed E-state index contributed by atoms with van der Waals surface area (Å²) in [6.07, 6.45) is 4.43. The average molecular weight is 287 g/mol. The minimum atomic E-state index is -0.361. The molecule has 0 aliphatic carbocycles. The van der Waals surface area contributed by atoms with E-state index in [9.17, 15) is 10.1 Å². The predicted molar refractivity (Wildman–Crippen MR) is 78.8 cm³/mol. The minimum Gasteiger partial charge on any atom is -0.467 e. The molecule has 1 aliphatic heterocycles. The molecule has 5 nitrogen and oxygen atoms in total. The molecule has 21 heavy (non-hydrogen) atoms. The lowest BCUT2D eigenvalue weighted by atomic mass is 9.92. The molecule has 1 aliphatic rings. The number of nitriles is 1. The van der Waals surface area contributed by atoms with Gasteiger partial charge in [-0.15, -0.1) is 0 Å². The number of rotatable bonds is 4. The molecule has 0 saturated carbocycles. The van der Waals surface area contributed by atoms with Gasteiger partial charge in [0.2, 0.25) is 0 Å². The lowest BCUT2D eigenvalue weighted by Crippen LogP contribution is -2.36. The van der Waals surface area contributed by atoms with Gasteiger partial charge in [0.25, 0.3) is 5.91 Å². The standard InChI is InChI=1S/C16H21N3O2/c1-12-6-13(2)10-19(9-12)11-14(7-17)16(20)18-8-15-4-3-5-21-15/h3-5,11-13H,6,8-10H2,1-2H3,(H,18,20)/b14-11-. The van der Waals surface area contributed by atoms with E-state index in [0.717, 1.165) is 13.1 Å². The van der Waals surface area contributed by atoms with Gasteiger partial charge in [-0.25, -0.2) is 0 Å². The Kier molecular flexibility index (Phi) is 5.04. The van der Waals surface area contributed by atoms with Crippen molar-refractivity contribution < 1.29 is 9.21 Å².